The minimum absolute atomic E-state index is 0.457. The second-order valence-electron chi connectivity index (χ2n) is 7.19. The van der Waals surface area contributed by atoms with Crippen LogP contribution < -0.4 is 10.2 Å². The number of aliphatic imine (C=N–C) groups is 1. The highest BCUT2D eigenvalue weighted by Crippen LogP contribution is 2.47. The van der Waals surface area contributed by atoms with Gasteiger partial charge in [0.1, 0.15) is 13.0 Å². The molecule has 1 N–H and O–H groups in total. The third-order valence-electron chi connectivity index (χ3n) is 5.66. The smallest absolute Gasteiger partial charge is 0.116 e. The van der Waals surface area contributed by atoms with Gasteiger partial charge in [-0.25, -0.2) is 9.97 Å². The summed E-state index contributed by atoms with van der Waals surface area (Å²) in [5, 5.41) is 3.87. The number of allylic oxidation sites excluding steroid dienone is 2. The lowest BCUT2D eigenvalue weighted by Crippen LogP contribution is -2.46. The fourth-order valence-electron chi connectivity index (χ4n) is 4.32. The first kappa shape index (κ1) is 17.5. The Morgan fingerprint density at radius 3 is 3.04 bits per heavy atom. The van der Waals surface area contributed by atoms with Crippen molar-refractivity contribution < 1.29 is 0 Å². The van der Waals surface area contributed by atoms with Crippen LogP contribution in [0, 0.1) is 0 Å². The number of hydrogen-bond donors (Lipinski definition) is 1. The molecule has 0 fully saturated rings. The summed E-state index contributed by atoms with van der Waals surface area (Å²) in [6.07, 6.45) is 12.2. The van der Waals surface area contributed by atoms with Crippen molar-refractivity contribution in [2.24, 2.45) is 4.99 Å². The molecule has 3 aliphatic rings. The van der Waals surface area contributed by atoms with Gasteiger partial charge in [0.05, 0.1) is 11.4 Å². The summed E-state index contributed by atoms with van der Waals surface area (Å²) < 4.78 is 0. The van der Waals surface area contributed by atoms with Gasteiger partial charge in [-0.3, -0.25) is 4.99 Å². The lowest BCUT2D eigenvalue weighted by molar-refractivity contribution is 0.539. The van der Waals surface area contributed by atoms with Gasteiger partial charge < -0.3 is 10.2 Å². The van der Waals surface area contributed by atoms with Crippen LogP contribution in [-0.2, 0) is 0 Å². The molecule has 2 aromatic rings. The van der Waals surface area contributed by atoms with E-state index in [1.807, 2.05) is 24.0 Å². The first-order valence-corrected chi connectivity index (χ1v) is 10.7. The van der Waals surface area contributed by atoms with Gasteiger partial charge in [-0.1, -0.05) is 12.1 Å². The summed E-state index contributed by atoms with van der Waals surface area (Å²) in [4.78, 5) is 16.6. The third-order valence-corrected chi connectivity index (χ3v) is 6.96. The quantitative estimate of drug-likeness (QED) is 0.858. The zero-order valence-corrected chi connectivity index (χ0v) is 16.7. The van der Waals surface area contributed by atoms with Gasteiger partial charge in [-0.15, -0.1) is 11.8 Å². The van der Waals surface area contributed by atoms with E-state index < -0.39 is 0 Å². The largest absolute Gasteiger partial charge is 0.366 e. The molecule has 0 saturated carbocycles. The molecule has 2 atom stereocenters. The number of rotatable bonds is 3. The zero-order chi connectivity index (χ0) is 18.9. The van der Waals surface area contributed by atoms with Crippen LogP contribution in [0.5, 0.6) is 0 Å². The highest BCUT2D eigenvalue weighted by Gasteiger charge is 2.36. The second-order valence-corrected chi connectivity index (χ2v) is 8.41. The molecule has 0 bridgehead atoms. The van der Waals surface area contributed by atoms with Gasteiger partial charge in [0.2, 0.25) is 0 Å². The van der Waals surface area contributed by atoms with Gasteiger partial charge in [-0.2, -0.15) is 0 Å². The molecule has 142 valence electrons. The maximum absolute atomic E-state index is 4.42. The van der Waals surface area contributed by atoms with Crippen molar-refractivity contribution in [1.82, 2.24) is 15.3 Å². The molecule has 0 amide bonds. The Morgan fingerprint density at radius 2 is 2.25 bits per heavy atom. The number of aromatic nitrogens is 2. The zero-order valence-electron chi connectivity index (χ0n) is 15.9. The van der Waals surface area contributed by atoms with Crippen molar-refractivity contribution in [3.63, 3.8) is 0 Å². The summed E-state index contributed by atoms with van der Waals surface area (Å²) in [5.41, 5.74) is 6.13. The lowest BCUT2D eigenvalue weighted by atomic mass is 9.90. The molecular weight excluding hydrogens is 366 g/mol. The molecule has 1 aromatic heterocycles. The average Bonchev–Trinajstić information content (AvgIpc) is 2.78. The molecule has 6 heteroatoms. The van der Waals surface area contributed by atoms with Crippen LogP contribution >= 0.6 is 11.8 Å². The monoisotopic (exact) mass is 389 g/mol. The Balaban J connectivity index is 1.50. The highest BCUT2D eigenvalue weighted by molar-refractivity contribution is 8.00. The van der Waals surface area contributed by atoms with Crippen LogP contribution in [0.4, 0.5) is 5.69 Å². The molecule has 0 radical (unpaired) electrons. The van der Waals surface area contributed by atoms with E-state index in [9.17, 15) is 0 Å². The summed E-state index contributed by atoms with van der Waals surface area (Å²) in [5.74, 6) is 0. The SMILES string of the molecule is CCN1c2ccc(-c3ccncn3)cc2SC2C=C(C3=CC=NCN3)CCC21. The number of anilines is 1. The molecule has 0 spiro atoms. The van der Waals surface area contributed by atoms with Crippen molar-refractivity contribution >= 4 is 23.7 Å². The molecule has 3 heterocycles. The van der Waals surface area contributed by atoms with E-state index in [-0.39, 0.29) is 0 Å². The first-order chi connectivity index (χ1) is 13.8. The van der Waals surface area contributed by atoms with Gasteiger partial charge in [-0.05, 0) is 49.6 Å². The molecule has 5 nitrogen and oxygen atoms in total. The van der Waals surface area contributed by atoms with Gasteiger partial charge >= 0.3 is 0 Å². The van der Waals surface area contributed by atoms with Crippen LogP contribution in [0.15, 0.2) is 70.1 Å². The molecule has 2 unspecified atom stereocenters. The Hall–Kier alpha value is -2.60. The number of benzene rings is 1. The molecule has 2 aliphatic heterocycles. The average molecular weight is 390 g/mol. The van der Waals surface area contributed by atoms with E-state index in [4.69, 9.17) is 0 Å². The molecular formula is C22H23N5S. The van der Waals surface area contributed by atoms with E-state index >= 15 is 0 Å². The standard InChI is InChI=1S/C22H23N5S/c1-2-27-19-5-3-15(17-7-9-23-13-25-17)11-21(19)28-22-12-16(4-6-20(22)27)18-8-10-24-14-26-18/h3,5,7-13,20,22,26H,2,4,6,14H2,1H3. The van der Waals surface area contributed by atoms with Gasteiger partial charge in [0.15, 0.2) is 0 Å². The number of nitrogens with zero attached hydrogens (tertiary/aromatic N) is 4. The van der Waals surface area contributed by atoms with Crippen LogP contribution in [0.25, 0.3) is 11.3 Å². The Labute approximate surface area is 169 Å². The minimum Gasteiger partial charge on any atom is -0.366 e. The van der Waals surface area contributed by atoms with E-state index in [2.05, 4.69) is 62.5 Å². The fraction of sp³-hybridized carbons (Fsp3) is 0.318. The molecule has 1 aliphatic carbocycles. The van der Waals surface area contributed by atoms with E-state index in [1.54, 1.807) is 12.5 Å². The Kier molecular flexibility index (Phi) is 4.64. The van der Waals surface area contributed by atoms with Crippen LogP contribution in [-0.4, -0.2) is 40.7 Å². The Bertz CT molecular complexity index is 966. The number of nitrogens with one attached hydrogen (secondary N) is 1. The number of fused-ring (bicyclic) bond motifs is 2. The predicted molar refractivity (Wildman–Crippen MR) is 116 cm³/mol. The first-order valence-electron chi connectivity index (χ1n) is 9.82. The van der Waals surface area contributed by atoms with Crippen LogP contribution in [0.3, 0.4) is 0 Å². The molecule has 0 saturated heterocycles. The summed E-state index contributed by atoms with van der Waals surface area (Å²) in [6, 6.07) is 9.25. The summed E-state index contributed by atoms with van der Waals surface area (Å²) >= 11 is 1.99. The second kappa shape index (κ2) is 7.43. The van der Waals surface area contributed by atoms with Crippen molar-refractivity contribution in [3.8, 4) is 11.3 Å². The molecule has 1 aromatic carbocycles. The van der Waals surface area contributed by atoms with Crippen LogP contribution in [0.1, 0.15) is 19.8 Å². The maximum atomic E-state index is 4.42. The number of hydrogen-bond acceptors (Lipinski definition) is 6. The maximum Gasteiger partial charge on any atom is 0.116 e. The fourth-order valence-corrected chi connectivity index (χ4v) is 5.78. The Morgan fingerprint density at radius 1 is 1.29 bits per heavy atom. The predicted octanol–water partition coefficient (Wildman–Crippen LogP) is 4.05. The van der Waals surface area contributed by atoms with Gasteiger partial charge in [0.25, 0.3) is 0 Å². The summed E-state index contributed by atoms with van der Waals surface area (Å²) in [6.45, 7) is 3.96. The molecule has 28 heavy (non-hydrogen) atoms. The van der Waals surface area contributed by atoms with E-state index in [0.29, 0.717) is 18.0 Å². The van der Waals surface area contributed by atoms with Gasteiger partial charge in [0, 0.05) is 46.4 Å². The third kappa shape index (κ3) is 3.11. The lowest BCUT2D eigenvalue weighted by Gasteiger charge is -2.44. The minimum atomic E-state index is 0.457. The van der Waals surface area contributed by atoms with E-state index in [1.165, 1.54) is 28.3 Å². The highest BCUT2D eigenvalue weighted by atomic mass is 32.2. The van der Waals surface area contributed by atoms with Crippen molar-refractivity contribution in [2.75, 3.05) is 18.1 Å². The van der Waals surface area contributed by atoms with E-state index in [0.717, 1.165) is 24.2 Å². The topological polar surface area (TPSA) is 53.4 Å². The van der Waals surface area contributed by atoms with Crippen LogP contribution in [0.2, 0.25) is 0 Å². The van der Waals surface area contributed by atoms with Crippen molar-refractivity contribution in [3.05, 3.63) is 60.2 Å². The van der Waals surface area contributed by atoms with Crippen molar-refractivity contribution in [2.45, 2.75) is 36.0 Å². The molecule has 5 rings (SSSR count). The number of thioether (sulfide) groups is 1. The normalized spacial score (nSPS) is 23.2. The summed E-state index contributed by atoms with van der Waals surface area (Å²) in [7, 11) is 0. The van der Waals surface area contributed by atoms with Crippen molar-refractivity contribution in [1.29, 1.82) is 0 Å².